The van der Waals surface area contributed by atoms with E-state index in [0.717, 1.165) is 39.2 Å². The number of aliphatic hydroxyl groups excluding tert-OH is 2. The van der Waals surface area contributed by atoms with Crippen LogP contribution in [0.2, 0.25) is 0 Å². The summed E-state index contributed by atoms with van der Waals surface area (Å²) < 4.78 is 5.30. The third-order valence-electron chi connectivity index (χ3n) is 4.68. The largest absolute Gasteiger partial charge is 0.508 e. The van der Waals surface area contributed by atoms with Gasteiger partial charge in [-0.25, -0.2) is 0 Å². The van der Waals surface area contributed by atoms with Crippen LogP contribution in [-0.4, -0.2) is 17.3 Å². The Morgan fingerprint density at radius 1 is 0.862 bits per heavy atom. The molecule has 0 aliphatic heterocycles. The second-order valence-electron chi connectivity index (χ2n) is 7.74. The van der Waals surface area contributed by atoms with Gasteiger partial charge in [0, 0.05) is 5.92 Å². The lowest BCUT2D eigenvalue weighted by atomic mass is 9.79. The number of hydrogen-bond donors (Lipinski definition) is 2. The molecule has 0 aliphatic rings. The molecule has 3 heteroatoms. The second kappa shape index (κ2) is 10.6. The fraction of sp³-hybridized carbons (Fsp3) is 0.308. The molecule has 0 amide bonds. The molecule has 1 unspecified atom stereocenters. The Balaban J connectivity index is 3.87. The Morgan fingerprint density at radius 3 is 1.79 bits per heavy atom. The maximum absolute atomic E-state index is 10.5. The van der Waals surface area contributed by atoms with Crippen LogP contribution in [0.4, 0.5) is 0 Å². The van der Waals surface area contributed by atoms with Crippen molar-refractivity contribution < 1.29 is 14.9 Å². The van der Waals surface area contributed by atoms with Crippen molar-refractivity contribution in [2.75, 3.05) is 7.11 Å². The van der Waals surface area contributed by atoms with Gasteiger partial charge in [0.05, 0.1) is 7.11 Å². The summed E-state index contributed by atoms with van der Waals surface area (Å²) in [7, 11) is 1.63. The van der Waals surface area contributed by atoms with Crippen LogP contribution in [0.15, 0.2) is 94.5 Å². The molecule has 0 aromatic heterocycles. The number of ether oxygens (including phenoxy) is 1. The van der Waals surface area contributed by atoms with Gasteiger partial charge in [-0.15, -0.1) is 0 Å². The Kier molecular flexibility index (Phi) is 8.78. The number of methoxy groups -OCH3 is 1. The maximum Gasteiger partial charge on any atom is 0.118 e. The summed E-state index contributed by atoms with van der Waals surface area (Å²) in [6, 6.07) is 7.80. The molecule has 0 radical (unpaired) electrons. The molecule has 0 spiro atoms. The first-order valence-electron chi connectivity index (χ1n) is 9.61. The number of allylic oxidation sites excluding steroid dienone is 8. The monoisotopic (exact) mass is 394 g/mol. The first-order chi connectivity index (χ1) is 13.5. The Hall–Kier alpha value is -2.94. The van der Waals surface area contributed by atoms with Crippen molar-refractivity contribution in [1.29, 1.82) is 0 Å². The predicted octanol–water partition coefficient (Wildman–Crippen LogP) is 7.49. The molecule has 0 heterocycles. The smallest absolute Gasteiger partial charge is 0.118 e. The van der Waals surface area contributed by atoms with Gasteiger partial charge in [0.15, 0.2) is 0 Å². The van der Waals surface area contributed by atoms with Gasteiger partial charge in [0.1, 0.15) is 17.3 Å². The van der Waals surface area contributed by atoms with Crippen molar-refractivity contribution in [2.24, 2.45) is 0 Å². The van der Waals surface area contributed by atoms with E-state index in [0.29, 0.717) is 5.57 Å². The lowest BCUT2D eigenvalue weighted by Gasteiger charge is -2.25. The van der Waals surface area contributed by atoms with E-state index >= 15 is 0 Å². The molecule has 3 nitrogen and oxygen atoms in total. The highest BCUT2D eigenvalue weighted by molar-refractivity contribution is 5.53. The summed E-state index contributed by atoms with van der Waals surface area (Å²) in [6.07, 6.45) is 3.52. The minimum Gasteiger partial charge on any atom is -0.508 e. The fourth-order valence-electron chi connectivity index (χ4n) is 2.85. The molecule has 156 valence electrons. The average Bonchev–Trinajstić information content (AvgIpc) is 2.65. The van der Waals surface area contributed by atoms with Crippen LogP contribution in [0, 0.1) is 0 Å². The van der Waals surface area contributed by atoms with Crippen molar-refractivity contribution in [2.45, 2.75) is 47.5 Å². The highest BCUT2D eigenvalue weighted by atomic mass is 16.5. The van der Waals surface area contributed by atoms with E-state index in [4.69, 9.17) is 4.74 Å². The van der Waals surface area contributed by atoms with E-state index < -0.39 is 0 Å². The molecular formula is C26H34O3. The van der Waals surface area contributed by atoms with Crippen molar-refractivity contribution in [3.8, 4) is 5.75 Å². The van der Waals surface area contributed by atoms with Gasteiger partial charge in [0.2, 0.25) is 0 Å². The van der Waals surface area contributed by atoms with Gasteiger partial charge in [-0.1, -0.05) is 36.4 Å². The first kappa shape index (κ1) is 24.1. The zero-order valence-electron chi connectivity index (χ0n) is 18.8. The number of hydrogen-bond acceptors (Lipinski definition) is 3. The van der Waals surface area contributed by atoms with Crippen LogP contribution in [0.5, 0.6) is 5.75 Å². The van der Waals surface area contributed by atoms with Crippen molar-refractivity contribution in [1.82, 2.24) is 0 Å². The minimum atomic E-state index is -0.230. The van der Waals surface area contributed by atoms with Crippen LogP contribution in [0.3, 0.4) is 0 Å². The highest BCUT2D eigenvalue weighted by Gasteiger charge is 2.23. The molecule has 0 saturated carbocycles. The van der Waals surface area contributed by atoms with Gasteiger partial charge >= 0.3 is 0 Å². The Labute approximate surface area is 175 Å². The molecule has 0 saturated heterocycles. The maximum atomic E-state index is 10.5. The molecule has 0 bridgehead atoms. The van der Waals surface area contributed by atoms with Gasteiger partial charge in [-0.05, 0) is 93.7 Å². The number of aliphatic hydroxyl groups is 2. The standard InChI is InChI=1S/C26H34O3/c1-16(2)22(14-24(27)18(5)6)26(20-10-12-21(29-9)13-11-20)23(17(3)4)15-25(28)19(7)8/h10-15,26-28H,1,7H2,2-6,8-9H3/b22-14+,25-15+. The number of benzene rings is 1. The van der Waals surface area contributed by atoms with Crippen molar-refractivity contribution in [3.05, 3.63) is 100 Å². The summed E-state index contributed by atoms with van der Waals surface area (Å²) in [5, 5.41) is 20.9. The van der Waals surface area contributed by atoms with Gasteiger partial charge in [-0.2, -0.15) is 0 Å². The Morgan fingerprint density at radius 2 is 1.41 bits per heavy atom. The van der Waals surface area contributed by atoms with Crippen molar-refractivity contribution >= 4 is 0 Å². The molecule has 1 rings (SSSR count). The summed E-state index contributed by atoms with van der Waals surface area (Å²) in [5.74, 6) is 0.876. The first-order valence-corrected chi connectivity index (χ1v) is 9.61. The topological polar surface area (TPSA) is 49.7 Å². The SMILES string of the molecule is C=C(C)/C(=C\C(O)=C(C)C)C(C(/C=C(/O)C(=C)C)=C(C)C)c1ccc(OC)cc1. The fourth-order valence-corrected chi connectivity index (χ4v) is 2.85. The molecule has 1 aromatic rings. The van der Waals surface area contributed by atoms with E-state index in [2.05, 4.69) is 13.2 Å². The van der Waals surface area contributed by atoms with E-state index in [1.807, 2.05) is 58.9 Å². The van der Waals surface area contributed by atoms with Gasteiger partial charge in [-0.3, -0.25) is 0 Å². The second-order valence-corrected chi connectivity index (χ2v) is 7.74. The van der Waals surface area contributed by atoms with Crippen LogP contribution in [-0.2, 0) is 0 Å². The van der Waals surface area contributed by atoms with Gasteiger partial charge in [0.25, 0.3) is 0 Å². The zero-order valence-corrected chi connectivity index (χ0v) is 18.8. The average molecular weight is 395 g/mol. The summed E-state index contributed by atoms with van der Waals surface area (Å²) in [4.78, 5) is 0. The van der Waals surface area contributed by atoms with Crippen LogP contribution < -0.4 is 4.74 Å². The van der Waals surface area contributed by atoms with E-state index in [9.17, 15) is 10.2 Å². The van der Waals surface area contributed by atoms with E-state index in [1.165, 1.54) is 0 Å². The summed E-state index contributed by atoms with van der Waals surface area (Å²) >= 11 is 0. The molecule has 1 aromatic carbocycles. The third kappa shape index (κ3) is 6.56. The molecular weight excluding hydrogens is 360 g/mol. The third-order valence-corrected chi connectivity index (χ3v) is 4.68. The minimum absolute atomic E-state index is 0.132. The lowest BCUT2D eigenvalue weighted by molar-refractivity contribution is 0.414. The van der Waals surface area contributed by atoms with Crippen LogP contribution in [0.25, 0.3) is 0 Å². The molecule has 0 fully saturated rings. The quantitative estimate of drug-likeness (QED) is 0.355. The normalized spacial score (nSPS) is 12.8. The summed E-state index contributed by atoms with van der Waals surface area (Å²) in [6.45, 7) is 19.4. The summed E-state index contributed by atoms with van der Waals surface area (Å²) in [5.41, 5.74) is 6.08. The Bertz CT molecular complexity index is 882. The molecule has 0 aliphatic carbocycles. The lowest BCUT2D eigenvalue weighted by Crippen LogP contribution is -2.09. The van der Waals surface area contributed by atoms with Crippen LogP contribution >= 0.6 is 0 Å². The zero-order chi connectivity index (χ0) is 22.3. The molecule has 1 atom stereocenters. The predicted molar refractivity (Wildman–Crippen MR) is 124 cm³/mol. The molecule has 29 heavy (non-hydrogen) atoms. The number of rotatable bonds is 8. The van der Waals surface area contributed by atoms with Crippen molar-refractivity contribution in [3.63, 3.8) is 0 Å². The van der Waals surface area contributed by atoms with E-state index in [-0.39, 0.29) is 17.4 Å². The highest BCUT2D eigenvalue weighted by Crippen LogP contribution is 2.39. The molecule has 2 N–H and O–H groups in total. The van der Waals surface area contributed by atoms with Crippen LogP contribution in [0.1, 0.15) is 53.0 Å². The van der Waals surface area contributed by atoms with Gasteiger partial charge < -0.3 is 14.9 Å². The van der Waals surface area contributed by atoms with E-state index in [1.54, 1.807) is 26.2 Å².